The Bertz CT molecular complexity index is 1030. The standard InChI is InChI=1S/C19H15FN4S/c20-16-9-14-7-4-8-22-18(14)15(10-16)12-25-19-23-17(11-24(19)21)13-5-2-1-3-6-13/h1-11H,12,21H2. The average molecular weight is 350 g/mol. The Morgan fingerprint density at radius 2 is 1.92 bits per heavy atom. The zero-order valence-electron chi connectivity index (χ0n) is 13.3. The molecule has 2 heterocycles. The molecule has 0 saturated carbocycles. The predicted octanol–water partition coefficient (Wildman–Crippen LogP) is 4.24. The Balaban J connectivity index is 1.61. The highest BCUT2D eigenvalue weighted by Crippen LogP contribution is 2.28. The third-order valence-corrected chi connectivity index (χ3v) is 4.89. The van der Waals surface area contributed by atoms with Gasteiger partial charge in [-0.25, -0.2) is 14.1 Å². The van der Waals surface area contributed by atoms with E-state index in [0.29, 0.717) is 10.9 Å². The van der Waals surface area contributed by atoms with Gasteiger partial charge in [-0.1, -0.05) is 48.2 Å². The van der Waals surface area contributed by atoms with Gasteiger partial charge in [0.2, 0.25) is 0 Å². The maximum absolute atomic E-state index is 13.8. The molecule has 2 aromatic heterocycles. The number of rotatable bonds is 4. The molecule has 2 aromatic carbocycles. The van der Waals surface area contributed by atoms with Gasteiger partial charge in [0, 0.05) is 22.9 Å². The number of nitrogens with two attached hydrogens (primary N) is 1. The molecule has 0 fully saturated rings. The van der Waals surface area contributed by atoms with Crippen molar-refractivity contribution in [2.75, 3.05) is 5.84 Å². The summed E-state index contributed by atoms with van der Waals surface area (Å²) in [7, 11) is 0. The van der Waals surface area contributed by atoms with Crippen LogP contribution in [-0.4, -0.2) is 14.6 Å². The summed E-state index contributed by atoms with van der Waals surface area (Å²) in [6.07, 6.45) is 3.51. The molecule has 25 heavy (non-hydrogen) atoms. The minimum atomic E-state index is -0.267. The van der Waals surface area contributed by atoms with E-state index in [9.17, 15) is 4.39 Å². The quantitative estimate of drug-likeness (QED) is 0.442. The van der Waals surface area contributed by atoms with Gasteiger partial charge in [0.05, 0.1) is 17.4 Å². The molecule has 4 nitrogen and oxygen atoms in total. The van der Waals surface area contributed by atoms with E-state index < -0.39 is 0 Å². The van der Waals surface area contributed by atoms with Crippen LogP contribution in [0.25, 0.3) is 22.2 Å². The van der Waals surface area contributed by atoms with Gasteiger partial charge in [-0.05, 0) is 23.8 Å². The van der Waals surface area contributed by atoms with Crippen molar-refractivity contribution >= 4 is 22.7 Å². The van der Waals surface area contributed by atoms with E-state index in [2.05, 4.69) is 9.97 Å². The summed E-state index contributed by atoms with van der Waals surface area (Å²) in [4.78, 5) is 8.96. The summed E-state index contributed by atoms with van der Waals surface area (Å²) >= 11 is 1.46. The van der Waals surface area contributed by atoms with Gasteiger partial charge in [0.1, 0.15) is 5.82 Å². The highest BCUT2D eigenvalue weighted by atomic mass is 32.2. The lowest BCUT2D eigenvalue weighted by Crippen LogP contribution is -2.07. The molecule has 0 amide bonds. The summed E-state index contributed by atoms with van der Waals surface area (Å²) in [6.45, 7) is 0. The minimum absolute atomic E-state index is 0.267. The molecule has 2 N–H and O–H groups in total. The topological polar surface area (TPSA) is 56.7 Å². The van der Waals surface area contributed by atoms with E-state index in [1.54, 1.807) is 18.5 Å². The number of thioether (sulfide) groups is 1. The number of halogens is 1. The first-order valence-corrected chi connectivity index (χ1v) is 8.75. The lowest BCUT2D eigenvalue weighted by molar-refractivity contribution is 0.628. The molecule has 0 spiro atoms. The molecule has 4 aromatic rings. The summed E-state index contributed by atoms with van der Waals surface area (Å²) in [5, 5.41) is 1.46. The molecule has 0 saturated heterocycles. The van der Waals surface area contributed by atoms with Crippen molar-refractivity contribution in [3.05, 3.63) is 78.4 Å². The summed E-state index contributed by atoms with van der Waals surface area (Å²) in [5.74, 6) is 6.30. The van der Waals surface area contributed by atoms with E-state index in [-0.39, 0.29) is 5.82 Å². The lowest BCUT2D eigenvalue weighted by atomic mass is 10.1. The van der Waals surface area contributed by atoms with Crippen LogP contribution in [0.15, 0.2) is 72.1 Å². The molecule has 0 aliphatic heterocycles. The zero-order valence-corrected chi connectivity index (χ0v) is 14.1. The number of nitrogen functional groups attached to an aromatic ring is 1. The Hall–Kier alpha value is -2.86. The Morgan fingerprint density at radius 3 is 2.76 bits per heavy atom. The maximum atomic E-state index is 13.8. The number of imidazole rings is 1. The van der Waals surface area contributed by atoms with E-state index >= 15 is 0 Å². The highest BCUT2D eigenvalue weighted by Gasteiger charge is 2.11. The van der Waals surface area contributed by atoms with E-state index in [4.69, 9.17) is 5.84 Å². The molecule has 0 aliphatic carbocycles. The van der Waals surface area contributed by atoms with Crippen LogP contribution in [0.4, 0.5) is 4.39 Å². The van der Waals surface area contributed by atoms with Crippen LogP contribution in [-0.2, 0) is 5.75 Å². The van der Waals surface area contributed by atoms with E-state index in [1.165, 1.54) is 28.6 Å². The Kier molecular flexibility index (Phi) is 4.11. The van der Waals surface area contributed by atoms with Gasteiger partial charge in [0.15, 0.2) is 5.16 Å². The van der Waals surface area contributed by atoms with Crippen molar-refractivity contribution in [3.8, 4) is 11.3 Å². The smallest absolute Gasteiger partial charge is 0.187 e. The van der Waals surface area contributed by atoms with Crippen LogP contribution in [0.1, 0.15) is 5.56 Å². The number of aromatic nitrogens is 3. The fourth-order valence-corrected chi connectivity index (χ4v) is 3.58. The van der Waals surface area contributed by atoms with Gasteiger partial charge in [-0.15, -0.1) is 0 Å². The third-order valence-electron chi connectivity index (χ3n) is 3.87. The van der Waals surface area contributed by atoms with Gasteiger partial charge < -0.3 is 5.84 Å². The zero-order chi connectivity index (χ0) is 17.2. The first-order chi connectivity index (χ1) is 12.2. The Labute approximate surface area is 148 Å². The normalized spacial score (nSPS) is 11.1. The third kappa shape index (κ3) is 3.21. The number of pyridine rings is 1. The van der Waals surface area contributed by atoms with Crippen LogP contribution in [0.2, 0.25) is 0 Å². The molecule has 0 unspecified atom stereocenters. The van der Waals surface area contributed by atoms with Crippen LogP contribution in [0, 0.1) is 5.82 Å². The summed E-state index contributed by atoms with van der Waals surface area (Å²) in [6, 6.07) is 16.5. The van der Waals surface area contributed by atoms with Crippen molar-refractivity contribution in [1.82, 2.24) is 14.6 Å². The molecule has 0 atom stereocenters. The number of fused-ring (bicyclic) bond motifs is 1. The largest absolute Gasteiger partial charge is 0.337 e. The minimum Gasteiger partial charge on any atom is -0.337 e. The molecule has 0 radical (unpaired) electrons. The monoisotopic (exact) mass is 350 g/mol. The van der Waals surface area contributed by atoms with E-state index in [1.807, 2.05) is 36.4 Å². The van der Waals surface area contributed by atoms with Crippen molar-refractivity contribution in [3.63, 3.8) is 0 Å². The lowest BCUT2D eigenvalue weighted by Gasteiger charge is -2.06. The Morgan fingerprint density at radius 1 is 1.08 bits per heavy atom. The second-order valence-corrected chi connectivity index (χ2v) is 6.55. The second-order valence-electron chi connectivity index (χ2n) is 5.61. The van der Waals surface area contributed by atoms with Crippen LogP contribution in [0.3, 0.4) is 0 Å². The van der Waals surface area contributed by atoms with Crippen molar-refractivity contribution in [2.24, 2.45) is 0 Å². The van der Waals surface area contributed by atoms with Crippen LogP contribution < -0.4 is 5.84 Å². The number of benzene rings is 2. The second kappa shape index (κ2) is 6.57. The molecule has 124 valence electrons. The van der Waals surface area contributed by atoms with Gasteiger partial charge in [-0.3, -0.25) is 4.98 Å². The van der Waals surface area contributed by atoms with Gasteiger partial charge in [-0.2, -0.15) is 0 Å². The molecule has 4 rings (SSSR count). The molecule has 0 aliphatic rings. The van der Waals surface area contributed by atoms with E-state index in [0.717, 1.165) is 27.7 Å². The maximum Gasteiger partial charge on any atom is 0.187 e. The summed E-state index contributed by atoms with van der Waals surface area (Å²) < 4.78 is 15.3. The van der Waals surface area contributed by atoms with Gasteiger partial charge >= 0.3 is 0 Å². The first kappa shape index (κ1) is 15.7. The molecular weight excluding hydrogens is 335 g/mol. The summed E-state index contributed by atoms with van der Waals surface area (Å²) in [5.41, 5.74) is 3.44. The fraction of sp³-hybridized carbons (Fsp3) is 0.0526. The highest BCUT2D eigenvalue weighted by molar-refractivity contribution is 7.98. The van der Waals surface area contributed by atoms with Crippen molar-refractivity contribution < 1.29 is 4.39 Å². The van der Waals surface area contributed by atoms with Crippen molar-refractivity contribution in [1.29, 1.82) is 0 Å². The average Bonchev–Trinajstić information content (AvgIpc) is 3.01. The van der Waals surface area contributed by atoms with Crippen molar-refractivity contribution in [2.45, 2.75) is 10.9 Å². The first-order valence-electron chi connectivity index (χ1n) is 7.76. The number of hydrogen-bond acceptors (Lipinski definition) is 4. The van der Waals surface area contributed by atoms with Gasteiger partial charge in [0.25, 0.3) is 0 Å². The predicted molar refractivity (Wildman–Crippen MR) is 99.1 cm³/mol. The van der Waals surface area contributed by atoms with Crippen LogP contribution in [0.5, 0.6) is 0 Å². The van der Waals surface area contributed by atoms with Crippen LogP contribution >= 0.6 is 11.8 Å². The number of nitrogens with zero attached hydrogens (tertiary/aromatic N) is 3. The number of hydrogen-bond donors (Lipinski definition) is 1. The molecular formula is C19H15FN4S. The SMILES string of the molecule is Nn1cc(-c2ccccc2)nc1SCc1cc(F)cc2cccnc12. The fourth-order valence-electron chi connectivity index (χ4n) is 2.71. The molecule has 0 bridgehead atoms. The molecule has 6 heteroatoms.